The van der Waals surface area contributed by atoms with Crippen molar-refractivity contribution in [3.8, 4) is 6.07 Å². The predicted molar refractivity (Wildman–Crippen MR) is 108 cm³/mol. The van der Waals surface area contributed by atoms with Gasteiger partial charge in [-0.3, -0.25) is 0 Å². The zero-order valence-electron chi connectivity index (χ0n) is 16.4. The summed E-state index contributed by atoms with van der Waals surface area (Å²) in [6, 6.07) is 18.0. The molecule has 0 N–H and O–H groups in total. The van der Waals surface area contributed by atoms with Crippen LogP contribution in [-0.2, 0) is 11.8 Å². The Morgan fingerprint density at radius 3 is 2.33 bits per heavy atom. The maximum absolute atomic E-state index is 13.0. The maximum Gasteiger partial charge on any atom is 0.123 e. The molecule has 2 aromatic carbocycles. The van der Waals surface area contributed by atoms with E-state index in [1.807, 2.05) is 12.1 Å². The molecule has 0 spiro atoms. The number of aryl methyl sites for hydroxylation is 1. The predicted octanol–water partition coefficient (Wildman–Crippen LogP) is 5.26. The van der Waals surface area contributed by atoms with Crippen molar-refractivity contribution in [3.05, 3.63) is 71.0 Å². The van der Waals surface area contributed by atoms with Gasteiger partial charge in [-0.15, -0.1) is 0 Å². The molecule has 3 rings (SSSR count). The Hall–Kier alpha value is -2.18. The molecule has 0 bridgehead atoms. The molecular weight excluding hydrogens is 335 g/mol. The monoisotopic (exact) mass is 364 g/mol. The van der Waals surface area contributed by atoms with Gasteiger partial charge in [0.25, 0.3) is 0 Å². The second kappa shape index (κ2) is 8.67. The van der Waals surface area contributed by atoms with Crippen LogP contribution in [0.1, 0.15) is 42.4 Å². The second-order valence-electron chi connectivity index (χ2n) is 8.01. The van der Waals surface area contributed by atoms with Crippen LogP contribution in [0.4, 0.5) is 4.39 Å². The van der Waals surface area contributed by atoms with Gasteiger partial charge in [0, 0.05) is 6.54 Å². The lowest BCUT2D eigenvalue weighted by Gasteiger charge is -2.28. The second-order valence-corrected chi connectivity index (χ2v) is 8.01. The molecule has 2 nitrogen and oxygen atoms in total. The summed E-state index contributed by atoms with van der Waals surface area (Å²) in [5.41, 5.74) is 3.26. The number of halogens is 1. The largest absolute Gasteiger partial charge is 0.306 e. The highest BCUT2D eigenvalue weighted by molar-refractivity contribution is 5.37. The molecule has 0 aromatic heterocycles. The van der Waals surface area contributed by atoms with Gasteiger partial charge in [-0.2, -0.15) is 5.26 Å². The number of nitrogens with zero attached hydrogens (tertiary/aromatic N) is 2. The molecule has 27 heavy (non-hydrogen) atoms. The normalized spacial score (nSPS) is 16.1. The molecule has 1 fully saturated rings. The fourth-order valence-corrected chi connectivity index (χ4v) is 3.93. The van der Waals surface area contributed by atoms with Crippen molar-refractivity contribution < 1.29 is 4.39 Å². The van der Waals surface area contributed by atoms with Gasteiger partial charge >= 0.3 is 0 Å². The number of likely N-dealkylation sites (N-methyl/N-ethyl adjacent to an activating group) is 1. The van der Waals surface area contributed by atoms with Gasteiger partial charge in [-0.05, 0) is 81.8 Å². The Balaban J connectivity index is 1.54. The van der Waals surface area contributed by atoms with E-state index in [1.54, 1.807) is 0 Å². The number of hydrogen-bond acceptors (Lipinski definition) is 2. The molecule has 0 amide bonds. The summed E-state index contributed by atoms with van der Waals surface area (Å²) in [7, 11) is 2.13. The lowest BCUT2D eigenvalue weighted by Crippen LogP contribution is -2.29. The molecule has 1 aliphatic carbocycles. The third-order valence-electron chi connectivity index (χ3n) is 5.85. The standard InChI is InChI=1S/C24H29FN2/c1-19-4-8-21(9-5-19)24(18-26,22-10-11-22)15-3-16-27(2)17-14-20-6-12-23(25)13-7-20/h4-9,12-13,22H,3,10-11,14-17H2,1-2H3. The van der Waals surface area contributed by atoms with Crippen molar-refractivity contribution in [3.63, 3.8) is 0 Å². The number of nitriles is 1. The van der Waals surface area contributed by atoms with Crippen LogP contribution in [0, 0.1) is 30.0 Å². The van der Waals surface area contributed by atoms with Crippen molar-refractivity contribution in [1.82, 2.24) is 4.90 Å². The topological polar surface area (TPSA) is 27.0 Å². The maximum atomic E-state index is 13.0. The SMILES string of the molecule is Cc1ccc(C(C#N)(CCCN(C)CCc2ccc(F)cc2)C2CC2)cc1. The summed E-state index contributed by atoms with van der Waals surface area (Å²) in [4.78, 5) is 2.31. The first-order valence-electron chi connectivity index (χ1n) is 9.95. The summed E-state index contributed by atoms with van der Waals surface area (Å²) in [6.07, 6.45) is 5.18. The highest BCUT2D eigenvalue weighted by atomic mass is 19.1. The number of benzene rings is 2. The van der Waals surface area contributed by atoms with E-state index in [-0.39, 0.29) is 11.2 Å². The van der Waals surface area contributed by atoms with Crippen molar-refractivity contribution in [2.75, 3.05) is 20.1 Å². The zero-order valence-corrected chi connectivity index (χ0v) is 16.4. The van der Waals surface area contributed by atoms with Gasteiger partial charge < -0.3 is 4.90 Å². The van der Waals surface area contributed by atoms with E-state index in [1.165, 1.54) is 36.1 Å². The lowest BCUT2D eigenvalue weighted by atomic mass is 9.73. The van der Waals surface area contributed by atoms with Crippen LogP contribution in [0.2, 0.25) is 0 Å². The third-order valence-corrected chi connectivity index (χ3v) is 5.85. The summed E-state index contributed by atoms with van der Waals surface area (Å²) in [6.45, 7) is 4.01. The van der Waals surface area contributed by atoms with Crippen LogP contribution < -0.4 is 0 Å². The minimum atomic E-state index is -0.328. The highest BCUT2D eigenvalue weighted by Crippen LogP contribution is 2.49. The summed E-state index contributed by atoms with van der Waals surface area (Å²) in [5, 5.41) is 10.1. The fourth-order valence-electron chi connectivity index (χ4n) is 3.93. The summed E-state index contributed by atoms with van der Waals surface area (Å²) in [5.74, 6) is 0.325. The summed E-state index contributed by atoms with van der Waals surface area (Å²) >= 11 is 0. The molecule has 1 unspecified atom stereocenters. The Kier molecular flexibility index (Phi) is 6.29. The Labute approximate surface area is 162 Å². The van der Waals surface area contributed by atoms with Gasteiger partial charge in [-0.1, -0.05) is 42.0 Å². The van der Waals surface area contributed by atoms with E-state index in [0.29, 0.717) is 5.92 Å². The smallest absolute Gasteiger partial charge is 0.123 e. The minimum absolute atomic E-state index is 0.184. The summed E-state index contributed by atoms with van der Waals surface area (Å²) < 4.78 is 13.0. The molecule has 1 atom stereocenters. The molecule has 0 radical (unpaired) electrons. The van der Waals surface area contributed by atoms with Gasteiger partial charge in [0.2, 0.25) is 0 Å². The van der Waals surface area contributed by atoms with E-state index < -0.39 is 0 Å². The quantitative estimate of drug-likeness (QED) is 0.607. The van der Waals surface area contributed by atoms with Crippen molar-refractivity contribution >= 4 is 0 Å². The average molecular weight is 365 g/mol. The molecule has 0 saturated heterocycles. The first kappa shape index (κ1) is 19.6. The van der Waals surface area contributed by atoms with Crippen LogP contribution >= 0.6 is 0 Å². The van der Waals surface area contributed by atoms with E-state index in [4.69, 9.17) is 0 Å². The van der Waals surface area contributed by atoms with Gasteiger partial charge in [0.1, 0.15) is 5.82 Å². The first-order valence-corrected chi connectivity index (χ1v) is 9.95. The molecule has 1 saturated carbocycles. The van der Waals surface area contributed by atoms with Crippen molar-refractivity contribution in [2.45, 2.75) is 44.4 Å². The molecule has 3 heteroatoms. The van der Waals surface area contributed by atoms with Crippen LogP contribution in [0.15, 0.2) is 48.5 Å². The van der Waals surface area contributed by atoms with E-state index in [9.17, 15) is 9.65 Å². The van der Waals surface area contributed by atoms with Crippen LogP contribution in [0.3, 0.4) is 0 Å². The number of rotatable bonds is 9. The Bertz CT molecular complexity index is 772. The zero-order chi connectivity index (χ0) is 19.3. The molecule has 2 aromatic rings. The van der Waals surface area contributed by atoms with Crippen LogP contribution in [-0.4, -0.2) is 25.0 Å². The fraction of sp³-hybridized carbons (Fsp3) is 0.458. The Morgan fingerprint density at radius 2 is 1.74 bits per heavy atom. The van der Waals surface area contributed by atoms with Crippen LogP contribution in [0.5, 0.6) is 0 Å². The van der Waals surface area contributed by atoms with Crippen LogP contribution in [0.25, 0.3) is 0 Å². The molecule has 1 aliphatic rings. The number of hydrogen-bond donors (Lipinski definition) is 0. The first-order chi connectivity index (χ1) is 13.0. The van der Waals surface area contributed by atoms with Crippen molar-refractivity contribution in [1.29, 1.82) is 5.26 Å². The molecule has 0 aliphatic heterocycles. The van der Waals surface area contributed by atoms with Crippen molar-refractivity contribution in [2.24, 2.45) is 5.92 Å². The van der Waals surface area contributed by atoms with Gasteiger partial charge in [-0.25, -0.2) is 4.39 Å². The van der Waals surface area contributed by atoms with Gasteiger partial charge in [0.15, 0.2) is 0 Å². The molecule has 0 heterocycles. The Morgan fingerprint density at radius 1 is 1.07 bits per heavy atom. The molecule has 142 valence electrons. The third kappa shape index (κ3) is 4.96. The molecular formula is C24H29FN2. The van der Waals surface area contributed by atoms with E-state index in [2.05, 4.69) is 49.2 Å². The van der Waals surface area contributed by atoms with E-state index in [0.717, 1.165) is 37.9 Å². The lowest BCUT2D eigenvalue weighted by molar-refractivity contribution is 0.308. The van der Waals surface area contributed by atoms with Gasteiger partial charge in [0.05, 0.1) is 11.5 Å². The highest BCUT2D eigenvalue weighted by Gasteiger charge is 2.46. The van der Waals surface area contributed by atoms with E-state index >= 15 is 0 Å². The minimum Gasteiger partial charge on any atom is -0.306 e. The average Bonchev–Trinajstić information content (AvgIpc) is 3.51.